The quantitative estimate of drug-likeness (QED) is 0.0841. The molecular formula is C42H48N6O6. The van der Waals surface area contributed by atoms with Gasteiger partial charge in [0.05, 0.1) is 21.4 Å². The van der Waals surface area contributed by atoms with Gasteiger partial charge in [-0.3, -0.25) is 19.7 Å². The van der Waals surface area contributed by atoms with E-state index in [-0.39, 0.29) is 12.1 Å². The van der Waals surface area contributed by atoms with Crippen LogP contribution in [0.3, 0.4) is 0 Å². The molecule has 0 fully saturated rings. The predicted octanol–water partition coefficient (Wildman–Crippen LogP) is 7.21. The largest absolute Gasteiger partial charge is 0.480 e. The Bertz CT molecular complexity index is 2450. The molecule has 0 radical (unpaired) electrons. The van der Waals surface area contributed by atoms with Gasteiger partial charge in [0, 0.05) is 72.9 Å². The summed E-state index contributed by atoms with van der Waals surface area (Å²) in [6.45, 7) is 17.0. The molecule has 282 valence electrons. The number of hydrogen-bond donors (Lipinski definition) is 4. The highest BCUT2D eigenvalue weighted by molar-refractivity contribution is 5.97. The van der Waals surface area contributed by atoms with Crippen LogP contribution < -0.4 is 11.5 Å². The molecule has 3 aromatic carbocycles. The topological polar surface area (TPSA) is 185 Å². The fraction of sp³-hybridized carbons (Fsp3) is 0.238. The van der Waals surface area contributed by atoms with E-state index in [1.54, 1.807) is 36.7 Å². The number of nitro benzene ring substituents is 1. The van der Waals surface area contributed by atoms with Crippen LogP contribution in [-0.4, -0.2) is 52.9 Å². The highest BCUT2D eigenvalue weighted by Crippen LogP contribution is 2.36. The van der Waals surface area contributed by atoms with Gasteiger partial charge >= 0.3 is 11.9 Å². The highest BCUT2D eigenvalue weighted by Gasteiger charge is 2.27. The van der Waals surface area contributed by atoms with Gasteiger partial charge in [-0.25, -0.2) is 0 Å². The van der Waals surface area contributed by atoms with Crippen molar-refractivity contribution in [2.45, 2.75) is 45.7 Å². The van der Waals surface area contributed by atoms with Crippen molar-refractivity contribution >= 4 is 68.6 Å². The zero-order chi connectivity index (χ0) is 40.2. The SMILES string of the molecule is C=Cc1ccc2c(c(CC(N)C(=O)O)c(C)n2C)c1[N+](=O)[O-].C=Cc1ccc2c(c1)c(CC(N)C(=O)O)c(C)n2C.C=Cc1ccc2c(c1)cc(C)n2C. The lowest BCUT2D eigenvalue weighted by Gasteiger charge is -2.07. The first-order chi connectivity index (χ1) is 25.5. The van der Waals surface area contributed by atoms with Gasteiger partial charge in [-0.05, 0) is 85.5 Å². The Kier molecular flexibility index (Phi) is 12.5. The molecule has 0 spiro atoms. The Balaban J connectivity index is 0.000000186. The molecule has 3 aromatic heterocycles. The molecule has 2 atom stereocenters. The summed E-state index contributed by atoms with van der Waals surface area (Å²) in [5, 5.41) is 32.2. The average Bonchev–Trinajstić information content (AvgIpc) is 3.67. The summed E-state index contributed by atoms with van der Waals surface area (Å²) in [5.41, 5.74) is 21.5. The first kappa shape index (κ1) is 40.5. The zero-order valence-corrected chi connectivity index (χ0v) is 31.6. The van der Waals surface area contributed by atoms with Gasteiger partial charge in [-0.2, -0.15) is 0 Å². The molecular weight excluding hydrogens is 684 g/mol. The van der Waals surface area contributed by atoms with Crippen molar-refractivity contribution in [1.82, 2.24) is 13.7 Å². The van der Waals surface area contributed by atoms with Gasteiger partial charge in [0.25, 0.3) is 5.69 Å². The lowest BCUT2D eigenvalue weighted by Crippen LogP contribution is -2.32. The number of benzene rings is 3. The van der Waals surface area contributed by atoms with Crippen molar-refractivity contribution < 1.29 is 24.7 Å². The van der Waals surface area contributed by atoms with E-state index in [2.05, 4.69) is 67.1 Å². The molecule has 6 N–H and O–H groups in total. The molecule has 3 heterocycles. The fourth-order valence-electron chi connectivity index (χ4n) is 6.65. The normalized spacial score (nSPS) is 12.0. The lowest BCUT2D eigenvalue weighted by molar-refractivity contribution is -0.383. The second kappa shape index (κ2) is 16.6. The summed E-state index contributed by atoms with van der Waals surface area (Å²) in [6.07, 6.45) is 5.43. The molecule has 0 amide bonds. The van der Waals surface area contributed by atoms with E-state index in [1.807, 2.05) is 38.2 Å². The number of aliphatic carboxylic acids is 2. The number of carboxylic acids is 2. The summed E-state index contributed by atoms with van der Waals surface area (Å²) in [4.78, 5) is 33.0. The van der Waals surface area contributed by atoms with E-state index in [0.29, 0.717) is 28.5 Å². The first-order valence-corrected chi connectivity index (χ1v) is 17.2. The Morgan fingerprint density at radius 3 is 1.78 bits per heavy atom. The maximum absolute atomic E-state index is 11.5. The predicted molar refractivity (Wildman–Crippen MR) is 219 cm³/mol. The number of hydrogen-bond acceptors (Lipinski definition) is 6. The number of nitro groups is 1. The van der Waals surface area contributed by atoms with Gasteiger partial charge < -0.3 is 35.4 Å². The molecule has 6 rings (SSSR count). The van der Waals surface area contributed by atoms with Crippen LogP contribution in [0.2, 0.25) is 0 Å². The summed E-state index contributed by atoms with van der Waals surface area (Å²) in [6, 6.07) is 16.0. The number of aryl methyl sites for hydroxylation is 4. The van der Waals surface area contributed by atoms with Gasteiger partial charge in [0.1, 0.15) is 12.1 Å². The molecule has 0 saturated heterocycles. The Labute approximate surface area is 314 Å². The molecule has 0 bridgehead atoms. The number of carboxylic acid groups (broad SMARTS) is 2. The number of rotatable bonds is 10. The van der Waals surface area contributed by atoms with Crippen LogP contribution in [0.25, 0.3) is 50.9 Å². The van der Waals surface area contributed by atoms with Crippen molar-refractivity contribution in [2.75, 3.05) is 0 Å². The Morgan fingerprint density at radius 2 is 1.24 bits per heavy atom. The van der Waals surface area contributed by atoms with Crippen LogP contribution in [0, 0.1) is 30.9 Å². The van der Waals surface area contributed by atoms with E-state index in [4.69, 9.17) is 21.7 Å². The molecule has 12 heteroatoms. The molecule has 6 aromatic rings. The average molecular weight is 733 g/mol. The first-order valence-electron chi connectivity index (χ1n) is 17.2. The van der Waals surface area contributed by atoms with Crippen molar-refractivity contribution in [2.24, 2.45) is 32.6 Å². The van der Waals surface area contributed by atoms with E-state index < -0.39 is 28.9 Å². The van der Waals surface area contributed by atoms with Gasteiger partial charge in [0.15, 0.2) is 0 Å². The van der Waals surface area contributed by atoms with Crippen molar-refractivity contribution in [1.29, 1.82) is 0 Å². The number of nitrogens with zero attached hydrogens (tertiary/aromatic N) is 4. The Hall–Kier alpha value is -6.24. The van der Waals surface area contributed by atoms with Crippen molar-refractivity contribution in [3.8, 4) is 0 Å². The molecule has 2 unspecified atom stereocenters. The summed E-state index contributed by atoms with van der Waals surface area (Å²) in [7, 11) is 5.84. The minimum atomic E-state index is -1.14. The van der Waals surface area contributed by atoms with Crippen LogP contribution >= 0.6 is 0 Å². The van der Waals surface area contributed by atoms with Crippen LogP contribution in [0.15, 0.2) is 74.3 Å². The van der Waals surface area contributed by atoms with E-state index in [0.717, 1.165) is 33.4 Å². The minimum Gasteiger partial charge on any atom is -0.480 e. The third-order valence-electron chi connectivity index (χ3n) is 10.1. The summed E-state index contributed by atoms with van der Waals surface area (Å²) in [5.74, 6) is -2.12. The van der Waals surface area contributed by atoms with Crippen LogP contribution in [0.4, 0.5) is 5.69 Å². The van der Waals surface area contributed by atoms with Crippen LogP contribution in [0.1, 0.15) is 44.9 Å². The van der Waals surface area contributed by atoms with Gasteiger partial charge in [-0.1, -0.05) is 50.1 Å². The molecule has 0 saturated carbocycles. The molecule has 0 aliphatic carbocycles. The second-order valence-electron chi connectivity index (χ2n) is 13.3. The maximum atomic E-state index is 11.5. The third-order valence-corrected chi connectivity index (χ3v) is 10.1. The van der Waals surface area contributed by atoms with Gasteiger partial charge in [-0.15, -0.1) is 0 Å². The van der Waals surface area contributed by atoms with Crippen molar-refractivity contribution in [3.63, 3.8) is 0 Å². The summed E-state index contributed by atoms with van der Waals surface area (Å²) < 4.78 is 6.06. The van der Waals surface area contributed by atoms with E-state index >= 15 is 0 Å². The molecule has 0 aliphatic heterocycles. The van der Waals surface area contributed by atoms with E-state index in [9.17, 15) is 19.7 Å². The summed E-state index contributed by atoms with van der Waals surface area (Å²) >= 11 is 0. The number of fused-ring (bicyclic) bond motifs is 3. The number of aromatic nitrogens is 3. The fourth-order valence-corrected chi connectivity index (χ4v) is 6.65. The smallest absolute Gasteiger partial charge is 0.320 e. The molecule has 0 aliphatic rings. The number of carbonyl (C=O) groups is 2. The van der Waals surface area contributed by atoms with Crippen LogP contribution in [0.5, 0.6) is 0 Å². The molecule has 54 heavy (non-hydrogen) atoms. The number of nitrogens with two attached hydrogens (primary N) is 2. The lowest BCUT2D eigenvalue weighted by atomic mass is 9.99. The monoisotopic (exact) mass is 732 g/mol. The highest BCUT2D eigenvalue weighted by atomic mass is 16.6. The molecule has 12 nitrogen and oxygen atoms in total. The minimum absolute atomic E-state index is 0.0277. The van der Waals surface area contributed by atoms with E-state index in [1.165, 1.54) is 28.2 Å². The van der Waals surface area contributed by atoms with Crippen LogP contribution in [-0.2, 0) is 43.6 Å². The Morgan fingerprint density at radius 1 is 0.741 bits per heavy atom. The van der Waals surface area contributed by atoms with Crippen molar-refractivity contribution in [3.05, 3.63) is 129 Å². The third kappa shape index (κ3) is 8.04. The zero-order valence-electron chi connectivity index (χ0n) is 31.6. The second-order valence-corrected chi connectivity index (χ2v) is 13.3. The van der Waals surface area contributed by atoms with Gasteiger partial charge in [0.2, 0.25) is 0 Å². The maximum Gasteiger partial charge on any atom is 0.320 e. The standard InChI is InChI=1S/C15H17N3O4.C15H18N2O2.C12H13N/c1-4-9-5-6-12-13(14(9)18(21)22)10(8(2)17(12)3)7-11(16)15(19)20;1-4-10-5-6-14-12(7-10)11(9(2)17(14)3)8-13(16)15(18)19;1-4-10-5-6-12-11(8-10)7-9(2)13(12)3/h4-6,11H,1,7,16H2,2-3H3,(H,19,20);4-7,13H,1,8,16H2,2-3H3,(H,18,19);4-8H,1H2,2-3H3.